The summed E-state index contributed by atoms with van der Waals surface area (Å²) in [5.41, 5.74) is 1.14. The van der Waals surface area contributed by atoms with Gasteiger partial charge in [-0.05, 0) is 31.0 Å². The number of nitrogens with one attached hydrogen (secondary N) is 2. The van der Waals surface area contributed by atoms with Gasteiger partial charge in [-0.15, -0.1) is 13.2 Å². The maximum atomic E-state index is 12.3. The molecule has 0 bridgehead atoms. The van der Waals surface area contributed by atoms with Gasteiger partial charge in [-0.25, -0.2) is 4.98 Å². The molecule has 0 radical (unpaired) electrons. The summed E-state index contributed by atoms with van der Waals surface area (Å²) in [6.45, 7) is -0.344. The first-order valence-corrected chi connectivity index (χ1v) is 8.24. The number of nitrogens with zero attached hydrogens (tertiary/aromatic N) is 2. The molecule has 1 saturated carbocycles. The normalized spacial score (nSPS) is 13.9. The molecule has 0 atom stereocenters. The van der Waals surface area contributed by atoms with Gasteiger partial charge < -0.3 is 20.5 Å². The van der Waals surface area contributed by atoms with Gasteiger partial charge in [-0.3, -0.25) is 4.79 Å². The van der Waals surface area contributed by atoms with E-state index < -0.39 is 18.1 Å². The molecule has 0 spiro atoms. The van der Waals surface area contributed by atoms with Crippen molar-refractivity contribution in [3.63, 3.8) is 0 Å². The maximum Gasteiger partial charge on any atom is 0.573 e. The molecule has 0 aliphatic heterocycles. The van der Waals surface area contributed by atoms with Crippen molar-refractivity contribution in [3.8, 4) is 5.75 Å². The Kier molecular flexibility index (Phi) is 5.26. The van der Waals surface area contributed by atoms with Crippen LogP contribution in [0, 0.1) is 0 Å². The molecule has 0 unspecified atom stereocenters. The van der Waals surface area contributed by atoms with Crippen LogP contribution in [-0.2, 0) is 4.79 Å². The van der Waals surface area contributed by atoms with E-state index >= 15 is 0 Å². The summed E-state index contributed by atoms with van der Waals surface area (Å²) < 4.78 is 40.7. The van der Waals surface area contributed by atoms with Crippen LogP contribution in [0.5, 0.6) is 5.75 Å². The van der Waals surface area contributed by atoms with Gasteiger partial charge in [-0.1, -0.05) is 11.6 Å². The number of benzene rings is 1. The molecule has 1 aromatic carbocycles. The fourth-order valence-electron chi connectivity index (χ4n) is 2.29. The average molecular weight is 403 g/mol. The standard InChI is InChI=1S/C16H14ClF3N4O3/c17-10-5-9(3-4-12(10)27-16(18,19)20)22-13-6-11(8-1-2-8)23-15(24-13)21-7-14(25)26/h3-6,8H,1-2,7H2,(H,25,26)(H2,21,22,23,24). The van der Waals surface area contributed by atoms with Gasteiger partial charge in [0, 0.05) is 17.7 Å². The van der Waals surface area contributed by atoms with Crippen LogP contribution >= 0.6 is 11.6 Å². The van der Waals surface area contributed by atoms with E-state index in [-0.39, 0.29) is 23.4 Å². The maximum absolute atomic E-state index is 12.3. The number of hydrogen-bond acceptors (Lipinski definition) is 6. The number of hydrogen-bond donors (Lipinski definition) is 3. The summed E-state index contributed by atoms with van der Waals surface area (Å²) in [4.78, 5) is 19.2. The third-order valence-corrected chi connectivity index (χ3v) is 3.86. The van der Waals surface area contributed by atoms with Crippen LogP contribution in [0.2, 0.25) is 5.02 Å². The molecule has 1 aliphatic rings. The summed E-state index contributed by atoms with van der Waals surface area (Å²) in [5.74, 6) is -0.783. The summed E-state index contributed by atoms with van der Waals surface area (Å²) >= 11 is 5.83. The summed E-state index contributed by atoms with van der Waals surface area (Å²) in [6.07, 6.45) is -2.89. The highest BCUT2D eigenvalue weighted by Crippen LogP contribution is 2.40. The molecule has 1 heterocycles. The Morgan fingerprint density at radius 3 is 2.63 bits per heavy atom. The highest BCUT2D eigenvalue weighted by molar-refractivity contribution is 6.32. The van der Waals surface area contributed by atoms with E-state index in [1.807, 2.05) is 0 Å². The lowest BCUT2D eigenvalue weighted by molar-refractivity contribution is -0.274. The van der Waals surface area contributed by atoms with E-state index in [0.29, 0.717) is 11.5 Å². The van der Waals surface area contributed by atoms with Gasteiger partial charge in [-0.2, -0.15) is 4.98 Å². The van der Waals surface area contributed by atoms with Crippen molar-refractivity contribution in [2.75, 3.05) is 17.2 Å². The van der Waals surface area contributed by atoms with Crippen LogP contribution in [0.1, 0.15) is 24.5 Å². The molecule has 0 saturated heterocycles. The summed E-state index contributed by atoms with van der Waals surface area (Å²) in [7, 11) is 0. The Labute approximate surface area is 156 Å². The van der Waals surface area contributed by atoms with E-state index in [1.165, 1.54) is 12.1 Å². The second-order valence-corrected chi connectivity index (χ2v) is 6.25. The number of halogens is 4. The molecule has 1 aliphatic carbocycles. The predicted octanol–water partition coefficient (Wildman–Crippen LogP) is 4.15. The van der Waals surface area contributed by atoms with E-state index in [0.717, 1.165) is 24.6 Å². The van der Waals surface area contributed by atoms with E-state index in [1.54, 1.807) is 6.07 Å². The molecular formula is C16H14ClF3N4O3. The quantitative estimate of drug-likeness (QED) is 0.640. The van der Waals surface area contributed by atoms with Gasteiger partial charge in [0.1, 0.15) is 18.1 Å². The number of rotatable bonds is 7. The van der Waals surface area contributed by atoms with Crippen LogP contribution in [0.25, 0.3) is 0 Å². The van der Waals surface area contributed by atoms with Crippen molar-refractivity contribution in [2.45, 2.75) is 25.1 Å². The molecule has 0 amide bonds. The van der Waals surface area contributed by atoms with Gasteiger partial charge in [0.15, 0.2) is 0 Å². The zero-order chi connectivity index (χ0) is 19.6. The molecule has 7 nitrogen and oxygen atoms in total. The minimum absolute atomic E-state index is 0.146. The monoisotopic (exact) mass is 402 g/mol. The van der Waals surface area contributed by atoms with E-state index in [9.17, 15) is 18.0 Å². The summed E-state index contributed by atoms with van der Waals surface area (Å²) in [6, 6.07) is 5.42. The highest BCUT2D eigenvalue weighted by atomic mass is 35.5. The number of aliphatic carboxylic acids is 1. The van der Waals surface area contributed by atoms with E-state index in [2.05, 4.69) is 25.3 Å². The predicted molar refractivity (Wildman–Crippen MR) is 91.6 cm³/mol. The van der Waals surface area contributed by atoms with Crippen molar-refractivity contribution in [1.29, 1.82) is 0 Å². The Morgan fingerprint density at radius 2 is 2.04 bits per heavy atom. The Hall–Kier alpha value is -2.75. The third kappa shape index (κ3) is 5.61. The van der Waals surface area contributed by atoms with Crippen molar-refractivity contribution in [1.82, 2.24) is 9.97 Å². The number of ether oxygens (including phenoxy) is 1. The Bertz CT molecular complexity index is 859. The number of anilines is 3. The first-order valence-electron chi connectivity index (χ1n) is 7.86. The number of carboxylic acids is 1. The smallest absolute Gasteiger partial charge is 0.480 e. The largest absolute Gasteiger partial charge is 0.573 e. The Morgan fingerprint density at radius 1 is 1.30 bits per heavy atom. The summed E-state index contributed by atoms with van der Waals surface area (Å²) in [5, 5.41) is 14.1. The van der Waals surface area contributed by atoms with Crippen LogP contribution in [0.15, 0.2) is 24.3 Å². The third-order valence-electron chi connectivity index (χ3n) is 3.57. The second kappa shape index (κ2) is 7.47. The van der Waals surface area contributed by atoms with Crippen molar-refractivity contribution in [3.05, 3.63) is 35.0 Å². The lowest BCUT2D eigenvalue weighted by Crippen LogP contribution is -2.17. The lowest BCUT2D eigenvalue weighted by Gasteiger charge is -2.13. The molecule has 1 fully saturated rings. The topological polar surface area (TPSA) is 96.4 Å². The fourth-order valence-corrected chi connectivity index (χ4v) is 2.51. The molecule has 144 valence electrons. The van der Waals surface area contributed by atoms with Crippen molar-refractivity contribution < 1.29 is 27.8 Å². The number of alkyl halides is 3. The molecule has 1 aromatic heterocycles. The molecule has 2 aromatic rings. The van der Waals surface area contributed by atoms with Gasteiger partial charge >= 0.3 is 12.3 Å². The van der Waals surface area contributed by atoms with Gasteiger partial charge in [0.05, 0.1) is 10.7 Å². The molecule has 11 heteroatoms. The van der Waals surface area contributed by atoms with E-state index in [4.69, 9.17) is 16.7 Å². The van der Waals surface area contributed by atoms with Crippen LogP contribution in [0.3, 0.4) is 0 Å². The van der Waals surface area contributed by atoms with Crippen molar-refractivity contribution >= 4 is 35.0 Å². The van der Waals surface area contributed by atoms with Crippen molar-refractivity contribution in [2.24, 2.45) is 0 Å². The molecular weight excluding hydrogens is 389 g/mol. The molecule has 27 heavy (non-hydrogen) atoms. The Balaban J connectivity index is 1.79. The van der Waals surface area contributed by atoms with Gasteiger partial charge in [0.25, 0.3) is 0 Å². The minimum Gasteiger partial charge on any atom is -0.480 e. The number of carbonyl (C=O) groups is 1. The zero-order valence-corrected chi connectivity index (χ0v) is 14.4. The lowest BCUT2D eigenvalue weighted by atomic mass is 10.2. The minimum atomic E-state index is -4.84. The van der Waals surface area contributed by atoms with Crippen LogP contribution in [0.4, 0.5) is 30.6 Å². The first-order chi connectivity index (χ1) is 12.7. The molecule has 3 N–H and O–H groups in total. The number of carboxylic acid groups (broad SMARTS) is 1. The first kappa shape index (κ1) is 19.0. The number of aromatic nitrogens is 2. The SMILES string of the molecule is O=C(O)CNc1nc(Nc2ccc(OC(F)(F)F)c(Cl)c2)cc(C2CC2)n1. The second-order valence-electron chi connectivity index (χ2n) is 5.84. The van der Waals surface area contributed by atoms with Gasteiger partial charge in [0.2, 0.25) is 5.95 Å². The molecule has 3 rings (SSSR count). The zero-order valence-electron chi connectivity index (χ0n) is 13.7. The fraction of sp³-hybridized carbons (Fsp3) is 0.312. The average Bonchev–Trinajstić information content (AvgIpc) is 3.39. The highest BCUT2D eigenvalue weighted by Gasteiger charge is 2.32. The van der Waals surface area contributed by atoms with Crippen LogP contribution in [-0.4, -0.2) is 34.0 Å². The van der Waals surface area contributed by atoms with Crippen LogP contribution < -0.4 is 15.4 Å².